The molecule has 0 bridgehead atoms. The Labute approximate surface area is 116 Å². The third-order valence-corrected chi connectivity index (χ3v) is 3.42. The summed E-state index contributed by atoms with van der Waals surface area (Å²) in [6, 6.07) is 8.44. The van der Waals surface area contributed by atoms with Gasteiger partial charge in [0.2, 0.25) is 0 Å². The molecule has 1 aliphatic carbocycles. The lowest BCUT2D eigenvalue weighted by molar-refractivity contribution is 1.14. The smallest absolute Gasteiger partial charge is 0.00231 e. The third-order valence-electron chi connectivity index (χ3n) is 3.42. The van der Waals surface area contributed by atoms with Gasteiger partial charge in [-0.1, -0.05) is 67.8 Å². The van der Waals surface area contributed by atoms with Gasteiger partial charge in [-0.2, -0.15) is 0 Å². The molecule has 0 aliphatic heterocycles. The average Bonchev–Trinajstić information content (AvgIpc) is 2.69. The van der Waals surface area contributed by atoms with E-state index in [9.17, 15) is 0 Å². The van der Waals surface area contributed by atoms with Gasteiger partial charge in [0.05, 0.1) is 0 Å². The summed E-state index contributed by atoms with van der Waals surface area (Å²) in [5.74, 6) is 0. The van der Waals surface area contributed by atoms with Gasteiger partial charge in [0.1, 0.15) is 0 Å². The van der Waals surface area contributed by atoms with Crippen molar-refractivity contribution in [2.75, 3.05) is 0 Å². The molecule has 0 fully saturated rings. The Kier molecular flexibility index (Phi) is 4.35. The summed E-state index contributed by atoms with van der Waals surface area (Å²) < 4.78 is 0. The first kappa shape index (κ1) is 13.4. The summed E-state index contributed by atoms with van der Waals surface area (Å²) in [4.78, 5) is 0. The molecule has 1 aromatic carbocycles. The van der Waals surface area contributed by atoms with E-state index in [1.54, 1.807) is 0 Å². The molecule has 0 saturated heterocycles. The van der Waals surface area contributed by atoms with Crippen LogP contribution in [0.25, 0.3) is 0 Å². The van der Waals surface area contributed by atoms with E-state index in [1.807, 2.05) is 0 Å². The molecule has 19 heavy (non-hydrogen) atoms. The maximum absolute atomic E-state index is 4.20. The van der Waals surface area contributed by atoms with Crippen LogP contribution in [0.3, 0.4) is 0 Å². The van der Waals surface area contributed by atoms with Crippen LogP contribution in [-0.4, -0.2) is 0 Å². The molecule has 1 aromatic rings. The van der Waals surface area contributed by atoms with Crippen molar-refractivity contribution in [1.82, 2.24) is 0 Å². The van der Waals surface area contributed by atoms with Gasteiger partial charge in [-0.3, -0.25) is 0 Å². The van der Waals surface area contributed by atoms with Crippen LogP contribution in [0.4, 0.5) is 0 Å². The Balaban J connectivity index is 2.12. The van der Waals surface area contributed by atoms with Crippen molar-refractivity contribution >= 4 is 0 Å². The van der Waals surface area contributed by atoms with Gasteiger partial charge in [0.15, 0.2) is 0 Å². The molecule has 0 heteroatoms. The van der Waals surface area contributed by atoms with Gasteiger partial charge < -0.3 is 0 Å². The Morgan fingerprint density at radius 3 is 2.74 bits per heavy atom. The van der Waals surface area contributed by atoms with Crippen LogP contribution in [0.15, 0.2) is 84.5 Å². The molecular weight excluding hydrogens is 228 g/mol. The molecule has 0 spiro atoms. The molecule has 0 heterocycles. The van der Waals surface area contributed by atoms with Crippen molar-refractivity contribution in [3.63, 3.8) is 0 Å². The molecule has 0 amide bonds. The molecule has 0 atom stereocenters. The second-order valence-corrected chi connectivity index (χ2v) is 4.87. The van der Waals surface area contributed by atoms with Gasteiger partial charge >= 0.3 is 0 Å². The molecule has 0 N–H and O–H groups in total. The summed E-state index contributed by atoms with van der Waals surface area (Å²) in [6.07, 6.45) is 12.5. The van der Waals surface area contributed by atoms with E-state index in [2.05, 4.69) is 74.7 Å². The molecule has 0 nitrogen and oxygen atoms in total. The van der Waals surface area contributed by atoms with Crippen molar-refractivity contribution < 1.29 is 0 Å². The highest BCUT2D eigenvalue weighted by atomic mass is 14.1. The highest BCUT2D eigenvalue weighted by Gasteiger charge is 2.07. The van der Waals surface area contributed by atoms with Gasteiger partial charge in [0, 0.05) is 0 Å². The number of aryl methyl sites for hydroxylation is 1. The minimum atomic E-state index is 0.862. The van der Waals surface area contributed by atoms with E-state index >= 15 is 0 Å². The Morgan fingerprint density at radius 1 is 1.16 bits per heavy atom. The second-order valence-electron chi connectivity index (χ2n) is 4.87. The monoisotopic (exact) mass is 248 g/mol. The van der Waals surface area contributed by atoms with Gasteiger partial charge in [-0.25, -0.2) is 0 Å². The molecule has 96 valence electrons. The number of benzene rings is 1. The van der Waals surface area contributed by atoms with E-state index < -0.39 is 0 Å². The molecule has 2 rings (SSSR count). The van der Waals surface area contributed by atoms with Crippen LogP contribution in [-0.2, 0) is 6.42 Å². The maximum atomic E-state index is 4.20. The van der Waals surface area contributed by atoms with Crippen LogP contribution in [0.1, 0.15) is 17.5 Å². The molecule has 1 aliphatic rings. The van der Waals surface area contributed by atoms with Crippen LogP contribution in [0.2, 0.25) is 0 Å². The van der Waals surface area contributed by atoms with Crippen LogP contribution >= 0.6 is 0 Å². The maximum Gasteiger partial charge on any atom is -0.00231 e. The predicted molar refractivity (Wildman–Crippen MR) is 84.1 cm³/mol. The number of hydrogen-bond acceptors (Lipinski definition) is 0. The fourth-order valence-corrected chi connectivity index (χ4v) is 2.13. The minimum Gasteiger partial charge on any atom is -0.0949 e. The fourth-order valence-electron chi connectivity index (χ4n) is 2.13. The second kappa shape index (κ2) is 6.19. The van der Waals surface area contributed by atoms with Crippen LogP contribution in [0, 0.1) is 6.92 Å². The van der Waals surface area contributed by atoms with Crippen molar-refractivity contribution in [2.24, 2.45) is 0 Å². The van der Waals surface area contributed by atoms with Crippen LogP contribution in [0.5, 0.6) is 0 Å². The summed E-state index contributed by atoms with van der Waals surface area (Å²) in [5.41, 5.74) is 5.91. The van der Waals surface area contributed by atoms with Crippen molar-refractivity contribution in [3.8, 4) is 0 Å². The van der Waals surface area contributed by atoms with E-state index in [0.29, 0.717) is 0 Å². The largest absolute Gasteiger partial charge is 0.0949 e. The zero-order valence-electron chi connectivity index (χ0n) is 11.5. The first-order valence-corrected chi connectivity index (χ1v) is 6.64. The molecule has 0 saturated carbocycles. The molecular formula is C19H20. The third kappa shape index (κ3) is 3.45. The first-order chi connectivity index (χ1) is 9.18. The predicted octanol–water partition coefficient (Wildman–Crippen LogP) is 5.09. The van der Waals surface area contributed by atoms with E-state index in [-0.39, 0.29) is 0 Å². The Bertz CT molecular complexity index is 580. The molecule has 0 unspecified atom stereocenters. The van der Waals surface area contributed by atoms with Crippen molar-refractivity contribution in [2.45, 2.75) is 19.8 Å². The standard InChI is InChI=1S/C19H20/c1-15-10-8-9-13-19(15)14-16(2)17(3)18-11-6-4-5-7-12-18/h4,6-13H,2-3,5,14H2,1H3. The average molecular weight is 248 g/mol. The van der Waals surface area contributed by atoms with Gasteiger partial charge in [0.25, 0.3) is 0 Å². The normalized spacial score (nSPS) is 13.8. The number of rotatable bonds is 4. The SMILES string of the molecule is C=C(Cc1ccccc1C)C(=C)C1=CC=CCC=C1. The lowest BCUT2D eigenvalue weighted by Gasteiger charge is -2.12. The summed E-state index contributed by atoms with van der Waals surface area (Å²) in [5, 5.41) is 0. The van der Waals surface area contributed by atoms with Gasteiger partial charge in [-0.05, 0) is 47.6 Å². The van der Waals surface area contributed by atoms with Crippen molar-refractivity contribution in [3.05, 3.63) is 95.6 Å². The lowest BCUT2D eigenvalue weighted by Crippen LogP contribution is -1.96. The minimum absolute atomic E-state index is 0.862. The zero-order valence-corrected chi connectivity index (χ0v) is 11.5. The summed E-state index contributed by atoms with van der Waals surface area (Å²) in [7, 11) is 0. The number of allylic oxidation sites excluding steroid dienone is 8. The topological polar surface area (TPSA) is 0 Å². The zero-order chi connectivity index (χ0) is 13.7. The quantitative estimate of drug-likeness (QED) is 0.651. The lowest BCUT2D eigenvalue weighted by atomic mass is 9.93. The molecule has 0 radical (unpaired) electrons. The summed E-state index contributed by atoms with van der Waals surface area (Å²) in [6.45, 7) is 10.5. The van der Waals surface area contributed by atoms with E-state index in [1.165, 1.54) is 11.1 Å². The highest BCUT2D eigenvalue weighted by Crippen LogP contribution is 2.23. The van der Waals surface area contributed by atoms with Crippen molar-refractivity contribution in [1.29, 1.82) is 0 Å². The van der Waals surface area contributed by atoms with Crippen LogP contribution < -0.4 is 0 Å². The highest BCUT2D eigenvalue weighted by molar-refractivity contribution is 5.52. The Hall–Kier alpha value is -2.08. The van der Waals surface area contributed by atoms with E-state index in [0.717, 1.165) is 29.6 Å². The fraction of sp³-hybridized carbons (Fsp3) is 0.158. The van der Waals surface area contributed by atoms with Gasteiger partial charge in [-0.15, -0.1) is 0 Å². The molecule has 0 aromatic heterocycles. The first-order valence-electron chi connectivity index (χ1n) is 6.64. The van der Waals surface area contributed by atoms with E-state index in [4.69, 9.17) is 0 Å². The Morgan fingerprint density at radius 2 is 1.95 bits per heavy atom. The number of hydrogen-bond donors (Lipinski definition) is 0. The summed E-state index contributed by atoms with van der Waals surface area (Å²) >= 11 is 0.